The van der Waals surface area contributed by atoms with Crippen molar-refractivity contribution in [2.45, 2.75) is 38.8 Å². The van der Waals surface area contributed by atoms with Gasteiger partial charge in [-0.2, -0.15) is 0 Å². The summed E-state index contributed by atoms with van der Waals surface area (Å²) in [6.45, 7) is 6.59. The third-order valence-corrected chi connectivity index (χ3v) is 5.56. The SMILES string of the molecule is CCN1CCc2nc(NC(=O)C(N)C3CCOCC3)sc2C1.Cl.Cl. The summed E-state index contributed by atoms with van der Waals surface area (Å²) >= 11 is 1.58. The maximum atomic E-state index is 12.3. The molecule has 24 heavy (non-hydrogen) atoms. The van der Waals surface area contributed by atoms with Gasteiger partial charge in [0.15, 0.2) is 5.13 Å². The monoisotopic (exact) mass is 396 g/mol. The molecule has 0 saturated carbocycles. The number of carbonyl (C=O) groups is 1. The summed E-state index contributed by atoms with van der Waals surface area (Å²) < 4.78 is 5.32. The van der Waals surface area contributed by atoms with Gasteiger partial charge in [-0.05, 0) is 25.3 Å². The van der Waals surface area contributed by atoms with Crippen molar-refractivity contribution in [1.82, 2.24) is 9.88 Å². The minimum Gasteiger partial charge on any atom is -0.381 e. The van der Waals surface area contributed by atoms with Gasteiger partial charge in [0, 0.05) is 37.6 Å². The Hall–Kier alpha value is -0.440. The number of anilines is 1. The molecule has 0 radical (unpaired) electrons. The lowest BCUT2D eigenvalue weighted by atomic mass is 9.92. The molecule has 3 heterocycles. The molecule has 9 heteroatoms. The number of halogens is 2. The lowest BCUT2D eigenvalue weighted by Gasteiger charge is -2.26. The summed E-state index contributed by atoms with van der Waals surface area (Å²) in [5.74, 6) is 0.0873. The van der Waals surface area contributed by atoms with E-state index in [9.17, 15) is 4.79 Å². The molecule has 3 rings (SSSR count). The molecule has 2 aliphatic rings. The van der Waals surface area contributed by atoms with Gasteiger partial charge in [0.05, 0.1) is 11.7 Å². The van der Waals surface area contributed by atoms with Gasteiger partial charge in [0.25, 0.3) is 0 Å². The van der Waals surface area contributed by atoms with Gasteiger partial charge in [0.1, 0.15) is 0 Å². The maximum absolute atomic E-state index is 12.3. The first-order valence-electron chi connectivity index (χ1n) is 8.02. The molecule has 0 aliphatic carbocycles. The topological polar surface area (TPSA) is 80.5 Å². The van der Waals surface area contributed by atoms with Crippen molar-refractivity contribution in [2.24, 2.45) is 11.7 Å². The average molecular weight is 397 g/mol. The Bertz CT molecular complexity index is 538. The summed E-state index contributed by atoms with van der Waals surface area (Å²) in [7, 11) is 0. The van der Waals surface area contributed by atoms with Crippen LogP contribution < -0.4 is 11.1 Å². The van der Waals surface area contributed by atoms with Crippen LogP contribution in [-0.2, 0) is 22.5 Å². The first-order valence-corrected chi connectivity index (χ1v) is 8.84. The van der Waals surface area contributed by atoms with E-state index in [0.717, 1.165) is 44.6 Å². The summed E-state index contributed by atoms with van der Waals surface area (Å²) in [6, 6.07) is -0.475. The van der Waals surface area contributed by atoms with Crippen molar-refractivity contribution < 1.29 is 9.53 Å². The van der Waals surface area contributed by atoms with Crippen molar-refractivity contribution >= 4 is 47.2 Å². The van der Waals surface area contributed by atoms with E-state index in [4.69, 9.17) is 10.5 Å². The third kappa shape index (κ3) is 5.03. The molecule has 0 aromatic carbocycles. The van der Waals surface area contributed by atoms with E-state index in [-0.39, 0.29) is 36.6 Å². The van der Waals surface area contributed by atoms with Crippen molar-refractivity contribution in [3.63, 3.8) is 0 Å². The van der Waals surface area contributed by atoms with Crippen LogP contribution in [0.2, 0.25) is 0 Å². The van der Waals surface area contributed by atoms with Crippen LogP contribution in [0.4, 0.5) is 5.13 Å². The summed E-state index contributed by atoms with van der Waals surface area (Å²) in [6.07, 6.45) is 2.67. The van der Waals surface area contributed by atoms with Crippen LogP contribution >= 0.6 is 36.2 Å². The van der Waals surface area contributed by atoms with Gasteiger partial charge in [-0.3, -0.25) is 9.69 Å². The summed E-state index contributed by atoms with van der Waals surface area (Å²) in [5, 5.41) is 3.60. The second-order valence-electron chi connectivity index (χ2n) is 5.97. The fourth-order valence-corrected chi connectivity index (χ4v) is 4.10. The average Bonchev–Trinajstić information content (AvgIpc) is 2.95. The molecule has 3 N–H and O–H groups in total. The number of carbonyl (C=O) groups excluding carboxylic acids is 1. The highest BCUT2D eigenvalue weighted by Gasteiger charge is 2.28. The quantitative estimate of drug-likeness (QED) is 0.813. The Balaban J connectivity index is 0.00000144. The van der Waals surface area contributed by atoms with Crippen molar-refractivity contribution in [3.05, 3.63) is 10.6 Å². The lowest BCUT2D eigenvalue weighted by molar-refractivity contribution is -0.119. The third-order valence-electron chi connectivity index (χ3n) is 4.56. The number of thiazole rings is 1. The van der Waals surface area contributed by atoms with Crippen LogP contribution in [0, 0.1) is 5.92 Å². The predicted molar refractivity (Wildman–Crippen MR) is 101 cm³/mol. The standard InChI is InChI=1S/C15H24N4O2S.2ClH/c1-2-19-6-3-11-12(9-19)22-15(17-11)18-14(20)13(16)10-4-7-21-8-5-10;;/h10,13H,2-9,16H2,1H3,(H,17,18,20);2*1H. The molecule has 1 atom stereocenters. The van der Waals surface area contributed by atoms with E-state index in [2.05, 4.69) is 22.1 Å². The fraction of sp³-hybridized carbons (Fsp3) is 0.733. The Labute approximate surface area is 159 Å². The number of amides is 1. The van der Waals surface area contributed by atoms with E-state index >= 15 is 0 Å². The number of nitrogens with one attached hydrogen (secondary N) is 1. The smallest absolute Gasteiger partial charge is 0.243 e. The van der Waals surface area contributed by atoms with Crippen LogP contribution in [0.25, 0.3) is 0 Å². The molecule has 1 amide bonds. The van der Waals surface area contributed by atoms with E-state index in [0.29, 0.717) is 18.3 Å². The highest BCUT2D eigenvalue weighted by atomic mass is 35.5. The Morgan fingerprint density at radius 1 is 1.46 bits per heavy atom. The Morgan fingerprint density at radius 3 is 2.83 bits per heavy atom. The number of aromatic nitrogens is 1. The van der Waals surface area contributed by atoms with Crippen LogP contribution in [-0.4, -0.2) is 48.1 Å². The molecule has 0 bridgehead atoms. The van der Waals surface area contributed by atoms with Gasteiger partial charge < -0.3 is 15.8 Å². The zero-order valence-electron chi connectivity index (χ0n) is 13.8. The number of hydrogen-bond acceptors (Lipinski definition) is 6. The molecule has 6 nitrogen and oxygen atoms in total. The van der Waals surface area contributed by atoms with Gasteiger partial charge in [-0.1, -0.05) is 6.92 Å². The lowest BCUT2D eigenvalue weighted by Crippen LogP contribution is -2.44. The molecule has 1 aromatic rings. The summed E-state index contributed by atoms with van der Waals surface area (Å²) in [5.41, 5.74) is 7.24. The first-order chi connectivity index (χ1) is 10.7. The predicted octanol–water partition coefficient (Wildman–Crippen LogP) is 2.06. The van der Waals surface area contributed by atoms with Crippen LogP contribution in [0.1, 0.15) is 30.3 Å². The Kier molecular flexibility index (Phi) is 8.90. The first kappa shape index (κ1) is 21.6. The highest BCUT2D eigenvalue weighted by Crippen LogP contribution is 2.28. The van der Waals surface area contributed by atoms with Crippen LogP contribution in [0.3, 0.4) is 0 Å². The van der Waals surface area contributed by atoms with E-state index < -0.39 is 6.04 Å². The normalized spacial score (nSPS) is 19.6. The van der Waals surface area contributed by atoms with Crippen molar-refractivity contribution in [1.29, 1.82) is 0 Å². The van der Waals surface area contributed by atoms with Crippen molar-refractivity contribution in [2.75, 3.05) is 31.6 Å². The van der Waals surface area contributed by atoms with Crippen molar-refractivity contribution in [3.8, 4) is 0 Å². The van der Waals surface area contributed by atoms with E-state index in [1.54, 1.807) is 11.3 Å². The molecule has 138 valence electrons. The van der Waals surface area contributed by atoms with E-state index in [1.807, 2.05) is 0 Å². The summed E-state index contributed by atoms with van der Waals surface area (Å²) in [4.78, 5) is 20.5. The number of nitrogens with two attached hydrogens (primary N) is 1. The minimum atomic E-state index is -0.475. The number of nitrogens with zero attached hydrogens (tertiary/aromatic N) is 2. The number of fused-ring (bicyclic) bond motifs is 1. The van der Waals surface area contributed by atoms with E-state index in [1.165, 1.54) is 4.88 Å². The number of likely N-dealkylation sites (N-methyl/N-ethyl adjacent to an activating group) is 1. The second-order valence-corrected chi connectivity index (χ2v) is 7.06. The van der Waals surface area contributed by atoms with Gasteiger partial charge in [-0.25, -0.2) is 4.98 Å². The molecular formula is C15H26Cl2N4O2S. The molecule has 1 aromatic heterocycles. The minimum absolute atomic E-state index is 0. The number of rotatable bonds is 4. The van der Waals surface area contributed by atoms with Crippen LogP contribution in [0.15, 0.2) is 0 Å². The fourth-order valence-electron chi connectivity index (χ4n) is 3.05. The molecule has 1 saturated heterocycles. The molecule has 2 aliphatic heterocycles. The maximum Gasteiger partial charge on any atom is 0.243 e. The molecule has 1 fully saturated rings. The zero-order valence-corrected chi connectivity index (χ0v) is 16.3. The molecule has 0 spiro atoms. The van der Waals surface area contributed by atoms with Gasteiger partial charge >= 0.3 is 0 Å². The number of ether oxygens (including phenoxy) is 1. The largest absolute Gasteiger partial charge is 0.381 e. The van der Waals surface area contributed by atoms with Crippen LogP contribution in [0.5, 0.6) is 0 Å². The van der Waals surface area contributed by atoms with Gasteiger partial charge in [0.2, 0.25) is 5.91 Å². The Morgan fingerprint density at radius 2 is 2.17 bits per heavy atom. The number of hydrogen-bond donors (Lipinski definition) is 2. The molecule has 1 unspecified atom stereocenters. The second kappa shape index (κ2) is 9.89. The molecular weight excluding hydrogens is 371 g/mol. The zero-order chi connectivity index (χ0) is 15.5. The van der Waals surface area contributed by atoms with Gasteiger partial charge in [-0.15, -0.1) is 36.2 Å². The highest BCUT2D eigenvalue weighted by molar-refractivity contribution is 7.15.